The Morgan fingerprint density at radius 3 is 2.47 bits per heavy atom. The first kappa shape index (κ1) is 12.5. The van der Waals surface area contributed by atoms with Crippen molar-refractivity contribution in [3.63, 3.8) is 0 Å². The lowest BCUT2D eigenvalue weighted by atomic mass is 10.1. The van der Waals surface area contributed by atoms with Crippen molar-refractivity contribution in [3.8, 4) is 0 Å². The van der Waals surface area contributed by atoms with Crippen LogP contribution in [0.5, 0.6) is 0 Å². The van der Waals surface area contributed by atoms with E-state index >= 15 is 0 Å². The highest BCUT2D eigenvalue weighted by Gasteiger charge is 2.26. The minimum absolute atomic E-state index is 0.249. The largest absolute Gasteiger partial charge is 0.321 e. The molecule has 2 aromatic rings. The van der Waals surface area contributed by atoms with Crippen molar-refractivity contribution in [1.29, 1.82) is 5.41 Å². The van der Waals surface area contributed by atoms with Crippen LogP contribution in [0.2, 0.25) is 0 Å². The van der Waals surface area contributed by atoms with Gasteiger partial charge in [0.1, 0.15) is 17.5 Å². The van der Waals surface area contributed by atoms with Gasteiger partial charge in [0, 0.05) is 9.13 Å². The molecule has 3 rings (SSSR count). The number of rotatable bonds is 1. The minimum atomic E-state index is -0.348. The fraction of sp³-hybridized carbons (Fsp3) is 0.0714. The molecule has 0 fully saturated rings. The van der Waals surface area contributed by atoms with Crippen molar-refractivity contribution < 1.29 is 8.78 Å². The average molecular weight is 370 g/mol. The van der Waals surface area contributed by atoms with Gasteiger partial charge in [-0.25, -0.2) is 8.78 Å². The molecule has 96 valence electrons. The van der Waals surface area contributed by atoms with Gasteiger partial charge in [-0.3, -0.25) is 5.41 Å². The molecule has 2 aromatic carbocycles. The van der Waals surface area contributed by atoms with E-state index in [1.165, 1.54) is 24.3 Å². The molecule has 0 unspecified atom stereocenters. The van der Waals surface area contributed by atoms with Crippen LogP contribution in [0.25, 0.3) is 0 Å². The molecule has 1 heterocycles. The molecule has 0 atom stereocenters. The number of hydrogen-bond acceptors (Lipinski definition) is 1. The predicted molar refractivity (Wildman–Crippen MR) is 78.5 cm³/mol. The number of benzene rings is 2. The highest BCUT2D eigenvalue weighted by atomic mass is 127. The standard InChI is InChI=1S/C14H9F2IN2/c15-9-2-1-8-7-19(14(18)11(8)5-9)13-4-3-10(16)6-12(13)17/h1-6,18H,7H2. The first-order chi connectivity index (χ1) is 9.06. The molecular weight excluding hydrogens is 361 g/mol. The quantitative estimate of drug-likeness (QED) is 0.758. The van der Waals surface area contributed by atoms with Gasteiger partial charge in [0.15, 0.2) is 0 Å². The Kier molecular flexibility index (Phi) is 3.00. The van der Waals surface area contributed by atoms with Crippen molar-refractivity contribution >= 4 is 34.1 Å². The van der Waals surface area contributed by atoms with Crippen LogP contribution < -0.4 is 4.90 Å². The van der Waals surface area contributed by atoms with Gasteiger partial charge in [-0.1, -0.05) is 6.07 Å². The minimum Gasteiger partial charge on any atom is -0.321 e. The zero-order valence-corrected chi connectivity index (χ0v) is 11.9. The van der Waals surface area contributed by atoms with Gasteiger partial charge in [0.2, 0.25) is 0 Å². The van der Waals surface area contributed by atoms with Crippen LogP contribution >= 0.6 is 22.6 Å². The Labute approximate surface area is 122 Å². The summed E-state index contributed by atoms with van der Waals surface area (Å²) in [6.07, 6.45) is 0. The van der Waals surface area contributed by atoms with Crippen molar-refractivity contribution in [1.82, 2.24) is 0 Å². The summed E-state index contributed by atoms with van der Waals surface area (Å²) < 4.78 is 27.1. The lowest BCUT2D eigenvalue weighted by Gasteiger charge is -2.19. The Morgan fingerprint density at radius 2 is 1.74 bits per heavy atom. The number of anilines is 1. The summed E-state index contributed by atoms with van der Waals surface area (Å²) in [4.78, 5) is 1.76. The molecular formula is C14H9F2IN2. The van der Waals surface area contributed by atoms with Crippen molar-refractivity contribution in [2.75, 3.05) is 4.90 Å². The number of nitrogens with zero attached hydrogens (tertiary/aromatic N) is 1. The van der Waals surface area contributed by atoms with Gasteiger partial charge < -0.3 is 4.90 Å². The van der Waals surface area contributed by atoms with Crippen LogP contribution in [0.4, 0.5) is 14.5 Å². The van der Waals surface area contributed by atoms with Gasteiger partial charge in [-0.15, -0.1) is 0 Å². The summed E-state index contributed by atoms with van der Waals surface area (Å²) >= 11 is 2.04. The Hall–Kier alpha value is -1.50. The zero-order chi connectivity index (χ0) is 13.6. The molecule has 0 saturated carbocycles. The normalized spacial score (nSPS) is 13.8. The molecule has 0 aliphatic carbocycles. The third-order valence-electron chi connectivity index (χ3n) is 3.13. The average Bonchev–Trinajstić information content (AvgIpc) is 2.67. The van der Waals surface area contributed by atoms with E-state index in [0.29, 0.717) is 12.1 Å². The first-order valence-corrected chi connectivity index (χ1v) is 6.74. The number of halogens is 3. The van der Waals surface area contributed by atoms with E-state index in [0.717, 1.165) is 14.8 Å². The molecule has 0 radical (unpaired) electrons. The maximum absolute atomic E-state index is 13.2. The molecule has 1 aliphatic rings. The zero-order valence-electron chi connectivity index (χ0n) is 9.75. The van der Waals surface area contributed by atoms with Gasteiger partial charge >= 0.3 is 0 Å². The molecule has 5 heteroatoms. The third-order valence-corrected chi connectivity index (χ3v) is 3.99. The highest BCUT2D eigenvalue weighted by molar-refractivity contribution is 14.1. The summed E-state index contributed by atoms with van der Waals surface area (Å²) in [5.41, 5.74) is 2.27. The lowest BCUT2D eigenvalue weighted by molar-refractivity contribution is 0.626. The van der Waals surface area contributed by atoms with E-state index in [1.54, 1.807) is 17.0 Å². The van der Waals surface area contributed by atoms with Crippen molar-refractivity contribution in [2.24, 2.45) is 0 Å². The maximum Gasteiger partial charge on any atom is 0.133 e. The topological polar surface area (TPSA) is 27.1 Å². The monoisotopic (exact) mass is 370 g/mol. The third kappa shape index (κ3) is 2.11. The highest BCUT2D eigenvalue weighted by Crippen LogP contribution is 2.32. The SMILES string of the molecule is N=C1c2cc(F)ccc2CN1c1ccc(F)cc1I. The Balaban J connectivity index is 2.04. The summed E-state index contributed by atoms with van der Waals surface area (Å²) in [5, 5.41) is 8.13. The van der Waals surface area contributed by atoms with Crippen LogP contribution in [-0.4, -0.2) is 5.84 Å². The smallest absolute Gasteiger partial charge is 0.133 e. The summed E-state index contributed by atoms with van der Waals surface area (Å²) in [6, 6.07) is 8.89. The van der Waals surface area contributed by atoms with E-state index < -0.39 is 0 Å². The number of fused-ring (bicyclic) bond motifs is 1. The number of amidine groups is 1. The Bertz CT molecular complexity index is 685. The van der Waals surface area contributed by atoms with Crippen LogP contribution in [0.3, 0.4) is 0 Å². The van der Waals surface area contributed by atoms with E-state index in [2.05, 4.69) is 0 Å². The summed E-state index contributed by atoms with van der Waals surface area (Å²) in [7, 11) is 0. The van der Waals surface area contributed by atoms with Crippen LogP contribution in [0.1, 0.15) is 11.1 Å². The summed E-state index contributed by atoms with van der Waals surface area (Å²) in [6.45, 7) is 0.510. The molecule has 0 saturated heterocycles. The van der Waals surface area contributed by atoms with E-state index in [9.17, 15) is 8.78 Å². The molecule has 0 amide bonds. The summed E-state index contributed by atoms with van der Waals surface area (Å²) in [5.74, 6) is -0.402. The number of nitrogens with one attached hydrogen (secondary N) is 1. The van der Waals surface area contributed by atoms with Crippen molar-refractivity contribution in [3.05, 3.63) is 62.7 Å². The molecule has 2 nitrogen and oxygen atoms in total. The number of hydrogen-bond donors (Lipinski definition) is 1. The molecule has 0 aromatic heterocycles. The van der Waals surface area contributed by atoms with Gasteiger partial charge in [-0.2, -0.15) is 0 Å². The van der Waals surface area contributed by atoms with Gasteiger partial charge in [0.25, 0.3) is 0 Å². The molecule has 1 N–H and O–H groups in total. The fourth-order valence-corrected chi connectivity index (χ4v) is 2.98. The van der Waals surface area contributed by atoms with Gasteiger partial charge in [0.05, 0.1) is 12.2 Å². The molecule has 0 spiro atoms. The lowest BCUT2D eigenvalue weighted by Crippen LogP contribution is -2.24. The first-order valence-electron chi connectivity index (χ1n) is 5.66. The molecule has 0 bridgehead atoms. The fourth-order valence-electron chi connectivity index (χ4n) is 2.21. The molecule has 1 aliphatic heterocycles. The second-order valence-corrected chi connectivity index (χ2v) is 5.49. The van der Waals surface area contributed by atoms with Gasteiger partial charge in [-0.05, 0) is 58.5 Å². The Morgan fingerprint density at radius 1 is 1.05 bits per heavy atom. The van der Waals surface area contributed by atoms with Crippen molar-refractivity contribution in [2.45, 2.75) is 6.54 Å². The van der Waals surface area contributed by atoms with Crippen LogP contribution in [0, 0.1) is 20.6 Å². The second kappa shape index (κ2) is 4.56. The molecule has 19 heavy (non-hydrogen) atoms. The van der Waals surface area contributed by atoms with Crippen LogP contribution in [0.15, 0.2) is 36.4 Å². The van der Waals surface area contributed by atoms with E-state index in [-0.39, 0.29) is 17.5 Å². The maximum atomic E-state index is 13.2. The predicted octanol–water partition coefficient (Wildman–Crippen LogP) is 3.91. The van der Waals surface area contributed by atoms with E-state index in [1.807, 2.05) is 22.6 Å². The van der Waals surface area contributed by atoms with Crippen LogP contribution in [-0.2, 0) is 6.54 Å². The van der Waals surface area contributed by atoms with E-state index in [4.69, 9.17) is 5.41 Å². The second-order valence-electron chi connectivity index (χ2n) is 4.33.